The van der Waals surface area contributed by atoms with Crippen LogP contribution in [0.1, 0.15) is 0 Å². The minimum Gasteiger partial charge on any atom is -0.497 e. The van der Waals surface area contributed by atoms with Gasteiger partial charge in [-0.25, -0.2) is 9.59 Å². The smallest absolute Gasteiger partial charge is 0.488 e. The Labute approximate surface area is 189 Å². The maximum atomic E-state index is 12.4. The first-order valence-corrected chi connectivity index (χ1v) is 9.64. The number of benzene rings is 3. The van der Waals surface area contributed by atoms with Gasteiger partial charge in [-0.2, -0.15) is 0 Å². The highest BCUT2D eigenvalue weighted by atomic mass is 16.6. The molecule has 10 nitrogen and oxygen atoms in total. The van der Waals surface area contributed by atoms with E-state index in [4.69, 9.17) is 18.9 Å². The Morgan fingerprint density at radius 2 is 1.09 bits per heavy atom. The molecule has 0 saturated heterocycles. The van der Waals surface area contributed by atoms with Crippen molar-refractivity contribution in [1.29, 1.82) is 0 Å². The summed E-state index contributed by atoms with van der Waals surface area (Å²) in [7, 11) is 1.24. The molecule has 170 valence electrons. The van der Waals surface area contributed by atoms with Crippen LogP contribution in [0.25, 0.3) is 0 Å². The third kappa shape index (κ3) is 6.63. The van der Waals surface area contributed by atoms with Gasteiger partial charge in [0.25, 0.3) is 0 Å². The quantitative estimate of drug-likeness (QED) is 0.402. The first-order valence-electron chi connectivity index (χ1n) is 9.64. The lowest BCUT2D eigenvalue weighted by atomic mass is 9.80. The van der Waals surface area contributed by atoms with E-state index in [0.717, 1.165) is 0 Å². The lowest BCUT2D eigenvalue weighted by Gasteiger charge is -2.14. The number of amides is 2. The molecule has 3 aromatic rings. The predicted octanol–water partition coefficient (Wildman–Crippen LogP) is 2.61. The van der Waals surface area contributed by atoms with Crippen LogP contribution in [0.2, 0.25) is 0 Å². The standard InChI is InChI=1S/C22H21BN2O8/c1-30-15-4-8-17(9-5-15)32-21(26)24-19-12-3-14(23(28)29)13-20(19)25-22(27)33-18-10-6-16(31-2)7-11-18/h3-13,28-29H,1-2H3,(H,24,26)(H,25,27). The van der Waals surface area contributed by atoms with Gasteiger partial charge in [0.1, 0.15) is 23.0 Å². The monoisotopic (exact) mass is 452 g/mol. The van der Waals surface area contributed by atoms with Crippen LogP contribution in [0.4, 0.5) is 21.0 Å². The van der Waals surface area contributed by atoms with Crippen LogP contribution < -0.4 is 35.0 Å². The zero-order chi connectivity index (χ0) is 23.8. The topological polar surface area (TPSA) is 136 Å². The van der Waals surface area contributed by atoms with Gasteiger partial charge in [-0.1, -0.05) is 6.07 Å². The molecule has 0 bridgehead atoms. The summed E-state index contributed by atoms with van der Waals surface area (Å²) >= 11 is 0. The van der Waals surface area contributed by atoms with Crippen LogP contribution >= 0.6 is 0 Å². The van der Waals surface area contributed by atoms with E-state index in [9.17, 15) is 19.6 Å². The molecular formula is C22H21BN2O8. The average Bonchev–Trinajstić information content (AvgIpc) is 2.81. The van der Waals surface area contributed by atoms with Crippen LogP contribution in [0.15, 0.2) is 66.7 Å². The highest BCUT2D eigenvalue weighted by Crippen LogP contribution is 2.23. The minimum absolute atomic E-state index is 0.0609. The highest BCUT2D eigenvalue weighted by molar-refractivity contribution is 6.58. The molecule has 3 rings (SSSR count). The van der Waals surface area contributed by atoms with Gasteiger partial charge in [-0.15, -0.1) is 0 Å². The van der Waals surface area contributed by atoms with Crippen molar-refractivity contribution in [2.75, 3.05) is 24.9 Å². The Hall–Kier alpha value is -4.22. The van der Waals surface area contributed by atoms with Crippen LogP contribution in [-0.2, 0) is 0 Å². The first-order chi connectivity index (χ1) is 15.9. The van der Waals surface area contributed by atoms with Gasteiger partial charge in [0.15, 0.2) is 0 Å². The highest BCUT2D eigenvalue weighted by Gasteiger charge is 2.17. The summed E-state index contributed by atoms with van der Waals surface area (Å²) in [6, 6.07) is 16.7. The van der Waals surface area contributed by atoms with Crippen molar-refractivity contribution < 1.29 is 38.6 Å². The molecule has 0 unspecified atom stereocenters. The van der Waals surface area contributed by atoms with Gasteiger partial charge in [0.05, 0.1) is 25.6 Å². The molecule has 3 aromatic carbocycles. The summed E-state index contributed by atoms with van der Waals surface area (Å²) in [6.45, 7) is 0. The third-order valence-electron chi connectivity index (χ3n) is 4.36. The number of rotatable bonds is 7. The normalized spacial score (nSPS) is 10.1. The average molecular weight is 452 g/mol. The summed E-state index contributed by atoms with van der Waals surface area (Å²) < 4.78 is 20.5. The van der Waals surface area contributed by atoms with Gasteiger partial charge < -0.3 is 29.0 Å². The van der Waals surface area contributed by atoms with Crippen molar-refractivity contribution >= 4 is 36.1 Å². The van der Waals surface area contributed by atoms with E-state index < -0.39 is 19.3 Å². The van der Waals surface area contributed by atoms with Crippen LogP contribution in [0, 0.1) is 0 Å². The van der Waals surface area contributed by atoms with E-state index in [0.29, 0.717) is 11.5 Å². The van der Waals surface area contributed by atoms with Crippen molar-refractivity contribution in [3.05, 3.63) is 66.7 Å². The number of carbonyl (C=O) groups is 2. The number of carbonyl (C=O) groups excluding carboxylic acids is 2. The Bertz CT molecular complexity index is 1100. The fourth-order valence-electron chi connectivity index (χ4n) is 2.71. The van der Waals surface area contributed by atoms with E-state index in [1.807, 2.05) is 0 Å². The molecule has 4 N–H and O–H groups in total. The van der Waals surface area contributed by atoms with E-state index >= 15 is 0 Å². The SMILES string of the molecule is COc1ccc(OC(=O)Nc2ccc(B(O)O)cc2NC(=O)Oc2ccc(OC)cc2)cc1. The van der Waals surface area contributed by atoms with Gasteiger partial charge in [0.2, 0.25) is 0 Å². The zero-order valence-electron chi connectivity index (χ0n) is 17.8. The minimum atomic E-state index is -1.79. The molecule has 0 aromatic heterocycles. The molecule has 0 atom stereocenters. The lowest BCUT2D eigenvalue weighted by Crippen LogP contribution is -2.31. The largest absolute Gasteiger partial charge is 0.497 e. The molecule has 0 fully saturated rings. The van der Waals surface area contributed by atoms with E-state index in [1.54, 1.807) is 36.4 Å². The summed E-state index contributed by atoms with van der Waals surface area (Å²) in [5, 5.41) is 23.9. The van der Waals surface area contributed by atoms with Crippen LogP contribution in [0.3, 0.4) is 0 Å². The summed E-state index contributed by atoms with van der Waals surface area (Å²) in [5.41, 5.74) is 0.291. The summed E-state index contributed by atoms with van der Waals surface area (Å²) in [4.78, 5) is 24.7. The van der Waals surface area contributed by atoms with Crippen LogP contribution in [0.5, 0.6) is 23.0 Å². The van der Waals surface area contributed by atoms with E-state index in [-0.39, 0.29) is 28.3 Å². The van der Waals surface area contributed by atoms with Crippen molar-refractivity contribution in [3.8, 4) is 23.0 Å². The Kier molecular flexibility index (Phi) is 7.74. The number of nitrogens with one attached hydrogen (secondary N) is 2. The number of hydrogen-bond acceptors (Lipinski definition) is 8. The van der Waals surface area contributed by atoms with Gasteiger partial charge in [0, 0.05) is 0 Å². The lowest BCUT2D eigenvalue weighted by molar-refractivity contribution is 0.213. The number of anilines is 2. The number of hydrogen-bond donors (Lipinski definition) is 4. The molecule has 0 aliphatic carbocycles. The summed E-state index contributed by atoms with van der Waals surface area (Å²) in [6.07, 6.45) is -1.69. The first kappa shape index (κ1) is 23.4. The molecular weight excluding hydrogens is 431 g/mol. The second kappa shape index (κ2) is 10.9. The van der Waals surface area contributed by atoms with Gasteiger partial charge >= 0.3 is 19.3 Å². The molecule has 0 radical (unpaired) electrons. The molecule has 0 aliphatic rings. The second-order valence-electron chi connectivity index (χ2n) is 6.56. The third-order valence-corrected chi connectivity index (χ3v) is 4.36. The van der Waals surface area contributed by atoms with Gasteiger partial charge in [-0.05, 0) is 66.1 Å². The molecule has 33 heavy (non-hydrogen) atoms. The maximum Gasteiger partial charge on any atom is 0.488 e. The molecule has 11 heteroatoms. The maximum absolute atomic E-state index is 12.4. The zero-order valence-corrected chi connectivity index (χ0v) is 17.8. The summed E-state index contributed by atoms with van der Waals surface area (Å²) in [5.74, 6) is 1.71. The fourth-order valence-corrected chi connectivity index (χ4v) is 2.71. The van der Waals surface area contributed by atoms with Crippen molar-refractivity contribution in [3.63, 3.8) is 0 Å². The molecule has 2 amide bonds. The van der Waals surface area contributed by atoms with E-state index in [2.05, 4.69) is 10.6 Å². The van der Waals surface area contributed by atoms with Crippen molar-refractivity contribution in [2.24, 2.45) is 0 Å². The molecule has 0 spiro atoms. The van der Waals surface area contributed by atoms with Crippen molar-refractivity contribution in [2.45, 2.75) is 0 Å². The fraction of sp³-hybridized carbons (Fsp3) is 0.0909. The van der Waals surface area contributed by atoms with E-state index in [1.165, 1.54) is 44.6 Å². The number of ether oxygens (including phenoxy) is 4. The van der Waals surface area contributed by atoms with Gasteiger partial charge in [-0.3, -0.25) is 10.6 Å². The van der Waals surface area contributed by atoms with Crippen LogP contribution in [-0.4, -0.2) is 43.6 Å². The molecule has 0 heterocycles. The van der Waals surface area contributed by atoms with Crippen molar-refractivity contribution in [1.82, 2.24) is 0 Å². The second-order valence-corrected chi connectivity index (χ2v) is 6.56. The Morgan fingerprint density at radius 3 is 1.52 bits per heavy atom. The predicted molar refractivity (Wildman–Crippen MR) is 122 cm³/mol. The Balaban J connectivity index is 1.72. The molecule has 0 saturated carbocycles. The number of methoxy groups -OCH3 is 2. The Morgan fingerprint density at radius 1 is 0.667 bits per heavy atom. The molecule has 0 aliphatic heterocycles.